The molecule has 0 saturated heterocycles. The highest BCUT2D eigenvalue weighted by atomic mass is 16.5. The van der Waals surface area contributed by atoms with Crippen LogP contribution in [0.1, 0.15) is 35.2 Å². The first-order chi connectivity index (χ1) is 9.47. The molecule has 5 heteroatoms. The van der Waals surface area contributed by atoms with E-state index in [2.05, 4.69) is 5.32 Å². The van der Waals surface area contributed by atoms with Gasteiger partial charge in [-0.25, -0.2) is 4.79 Å². The first kappa shape index (κ1) is 14.7. The van der Waals surface area contributed by atoms with Gasteiger partial charge in [0.2, 0.25) is 0 Å². The molecule has 0 heterocycles. The summed E-state index contributed by atoms with van der Waals surface area (Å²) in [7, 11) is 1.71. The molecule has 0 unspecified atom stereocenters. The summed E-state index contributed by atoms with van der Waals surface area (Å²) in [5, 5.41) is 12.5. The van der Waals surface area contributed by atoms with Crippen LogP contribution >= 0.6 is 0 Å². The maximum atomic E-state index is 11.2. The van der Waals surface area contributed by atoms with E-state index >= 15 is 0 Å². The predicted molar refractivity (Wildman–Crippen MR) is 79.2 cm³/mol. The van der Waals surface area contributed by atoms with E-state index < -0.39 is 5.97 Å². The van der Waals surface area contributed by atoms with E-state index in [1.54, 1.807) is 13.2 Å². The Morgan fingerprint density at radius 2 is 2.20 bits per heavy atom. The number of carboxylic acids is 1. The highest BCUT2D eigenvalue weighted by molar-refractivity contribution is 5.95. The normalized spacial score (nSPS) is 15.9. The number of carboxylic acid groups (broad SMARTS) is 1. The van der Waals surface area contributed by atoms with Crippen molar-refractivity contribution in [1.29, 1.82) is 0 Å². The van der Waals surface area contributed by atoms with Gasteiger partial charge in [-0.1, -0.05) is 0 Å². The number of anilines is 2. The van der Waals surface area contributed by atoms with Crippen molar-refractivity contribution in [3.05, 3.63) is 23.3 Å². The number of ether oxygens (including phenoxy) is 1. The van der Waals surface area contributed by atoms with Gasteiger partial charge >= 0.3 is 5.97 Å². The van der Waals surface area contributed by atoms with Gasteiger partial charge in [-0.3, -0.25) is 0 Å². The van der Waals surface area contributed by atoms with E-state index in [1.165, 1.54) is 12.8 Å². The molecule has 1 aromatic carbocycles. The van der Waals surface area contributed by atoms with E-state index in [1.807, 2.05) is 13.0 Å². The zero-order valence-electron chi connectivity index (χ0n) is 12.0. The average molecular weight is 278 g/mol. The Kier molecular flexibility index (Phi) is 4.18. The Morgan fingerprint density at radius 1 is 1.50 bits per heavy atom. The summed E-state index contributed by atoms with van der Waals surface area (Å²) < 4.78 is 5.13. The average Bonchev–Trinajstić information content (AvgIpc) is 3.18. The van der Waals surface area contributed by atoms with E-state index in [0.717, 1.165) is 30.8 Å². The molecule has 1 aliphatic carbocycles. The van der Waals surface area contributed by atoms with Crippen molar-refractivity contribution >= 4 is 17.3 Å². The Hall–Kier alpha value is -1.75. The fraction of sp³-hybridized carbons (Fsp3) is 0.533. The summed E-state index contributed by atoms with van der Waals surface area (Å²) in [6, 6.07) is 3.51. The third-order valence-corrected chi connectivity index (χ3v) is 4.08. The molecule has 4 N–H and O–H groups in total. The number of nitrogens with one attached hydrogen (secondary N) is 1. The highest BCUT2D eigenvalue weighted by Gasteiger charge is 2.41. The Balaban J connectivity index is 2.05. The topological polar surface area (TPSA) is 84.6 Å². The van der Waals surface area contributed by atoms with Crippen LogP contribution in [-0.4, -0.2) is 31.3 Å². The zero-order valence-corrected chi connectivity index (χ0v) is 12.0. The molecule has 2 rings (SSSR count). The van der Waals surface area contributed by atoms with Crippen LogP contribution in [0.5, 0.6) is 0 Å². The number of aromatic carboxylic acids is 1. The molecule has 0 radical (unpaired) electrons. The third-order valence-electron chi connectivity index (χ3n) is 4.08. The number of hydrogen-bond acceptors (Lipinski definition) is 4. The van der Waals surface area contributed by atoms with Crippen LogP contribution in [0.25, 0.3) is 0 Å². The first-order valence-electron chi connectivity index (χ1n) is 6.84. The van der Waals surface area contributed by atoms with Gasteiger partial charge in [0, 0.05) is 31.6 Å². The van der Waals surface area contributed by atoms with E-state index in [-0.39, 0.29) is 5.56 Å². The number of rotatable bonds is 7. The van der Waals surface area contributed by atoms with Crippen LogP contribution in [0.15, 0.2) is 12.1 Å². The summed E-state index contributed by atoms with van der Waals surface area (Å²) in [6.45, 7) is 3.44. The molecule has 0 aliphatic heterocycles. The molecule has 0 bridgehead atoms. The number of hydrogen-bond donors (Lipinski definition) is 3. The minimum atomic E-state index is -0.991. The molecule has 1 aromatic rings. The lowest BCUT2D eigenvalue weighted by molar-refractivity contribution is 0.0698. The van der Waals surface area contributed by atoms with Crippen molar-refractivity contribution in [1.82, 2.24) is 0 Å². The van der Waals surface area contributed by atoms with Crippen LogP contribution in [0.3, 0.4) is 0 Å². The minimum Gasteiger partial charge on any atom is -0.478 e. The number of nitrogen functional groups attached to an aromatic ring is 1. The Bertz CT molecular complexity index is 510. The van der Waals surface area contributed by atoms with Crippen molar-refractivity contribution in [3.63, 3.8) is 0 Å². The van der Waals surface area contributed by atoms with Crippen molar-refractivity contribution < 1.29 is 14.6 Å². The molecule has 1 aliphatic rings. The molecule has 0 amide bonds. The maximum absolute atomic E-state index is 11.2. The second kappa shape index (κ2) is 5.71. The molecule has 20 heavy (non-hydrogen) atoms. The van der Waals surface area contributed by atoms with Crippen LogP contribution < -0.4 is 11.1 Å². The van der Waals surface area contributed by atoms with Gasteiger partial charge < -0.3 is 20.9 Å². The molecule has 1 fully saturated rings. The summed E-state index contributed by atoms with van der Waals surface area (Å²) in [6.07, 6.45) is 3.43. The number of methoxy groups -OCH3 is 1. The first-order valence-corrected chi connectivity index (χ1v) is 6.84. The lowest BCUT2D eigenvalue weighted by Crippen LogP contribution is -2.18. The van der Waals surface area contributed by atoms with Crippen molar-refractivity contribution in [2.24, 2.45) is 5.41 Å². The lowest BCUT2D eigenvalue weighted by Gasteiger charge is -2.17. The highest BCUT2D eigenvalue weighted by Crippen LogP contribution is 2.48. The molecule has 0 aromatic heterocycles. The van der Waals surface area contributed by atoms with Crippen molar-refractivity contribution in [2.75, 3.05) is 31.3 Å². The van der Waals surface area contributed by atoms with Gasteiger partial charge in [0.25, 0.3) is 0 Å². The second-order valence-corrected chi connectivity index (χ2v) is 5.66. The van der Waals surface area contributed by atoms with Crippen molar-refractivity contribution in [3.8, 4) is 0 Å². The van der Waals surface area contributed by atoms with E-state index in [0.29, 0.717) is 11.1 Å². The summed E-state index contributed by atoms with van der Waals surface area (Å²) in [5.41, 5.74) is 8.20. The molecule has 5 nitrogen and oxygen atoms in total. The second-order valence-electron chi connectivity index (χ2n) is 5.66. The Morgan fingerprint density at radius 3 is 2.75 bits per heavy atom. The molecule has 0 atom stereocenters. The van der Waals surface area contributed by atoms with Gasteiger partial charge in [0.1, 0.15) is 0 Å². The fourth-order valence-corrected chi connectivity index (χ4v) is 2.38. The summed E-state index contributed by atoms with van der Waals surface area (Å²) in [4.78, 5) is 11.2. The van der Waals surface area contributed by atoms with E-state index in [4.69, 9.17) is 15.6 Å². The smallest absolute Gasteiger partial charge is 0.337 e. The summed E-state index contributed by atoms with van der Waals surface area (Å²) >= 11 is 0. The van der Waals surface area contributed by atoms with Gasteiger partial charge in [-0.05, 0) is 49.3 Å². The molecule has 1 saturated carbocycles. The van der Waals surface area contributed by atoms with Gasteiger partial charge in [-0.15, -0.1) is 0 Å². The molecular formula is C15H22N2O3. The van der Waals surface area contributed by atoms with Crippen LogP contribution in [0, 0.1) is 12.3 Å². The van der Waals surface area contributed by atoms with Crippen LogP contribution in [-0.2, 0) is 4.74 Å². The van der Waals surface area contributed by atoms with Gasteiger partial charge in [-0.2, -0.15) is 0 Å². The zero-order chi connectivity index (χ0) is 14.8. The largest absolute Gasteiger partial charge is 0.478 e. The quantitative estimate of drug-likeness (QED) is 0.667. The molecule has 0 spiro atoms. The Labute approximate surface area is 119 Å². The van der Waals surface area contributed by atoms with Crippen LogP contribution in [0.2, 0.25) is 0 Å². The number of benzene rings is 1. The SMILES string of the molecule is COCCC1(CNc2cc(C)c(N)c(C(=O)O)c2)CC1. The van der Waals surface area contributed by atoms with E-state index in [9.17, 15) is 4.79 Å². The fourth-order valence-electron chi connectivity index (χ4n) is 2.38. The molecular weight excluding hydrogens is 256 g/mol. The number of carbonyl (C=O) groups is 1. The summed E-state index contributed by atoms with van der Waals surface area (Å²) in [5.74, 6) is -0.991. The monoisotopic (exact) mass is 278 g/mol. The van der Waals surface area contributed by atoms with Crippen molar-refractivity contribution in [2.45, 2.75) is 26.2 Å². The predicted octanol–water partition coefficient (Wildman–Crippen LogP) is 2.50. The number of nitrogens with two attached hydrogens (primary N) is 1. The number of aryl methyl sites for hydroxylation is 1. The minimum absolute atomic E-state index is 0.161. The van der Waals surface area contributed by atoms with Gasteiger partial charge in [0.05, 0.1) is 5.56 Å². The van der Waals surface area contributed by atoms with Gasteiger partial charge in [0.15, 0.2) is 0 Å². The van der Waals surface area contributed by atoms with Crippen LogP contribution in [0.4, 0.5) is 11.4 Å². The molecule has 110 valence electrons. The lowest BCUT2D eigenvalue weighted by atomic mass is 10.0. The maximum Gasteiger partial charge on any atom is 0.337 e. The standard InChI is InChI=1S/C15H22N2O3/c1-10-7-11(8-12(13(10)16)14(18)19)17-9-15(3-4-15)5-6-20-2/h7-8,17H,3-6,9,16H2,1-2H3,(H,18,19). The third kappa shape index (κ3) is 3.22.